The molecule has 0 saturated carbocycles. The maximum absolute atomic E-state index is 12.2. The lowest BCUT2D eigenvalue weighted by Crippen LogP contribution is -2.56. The van der Waals surface area contributed by atoms with Crippen molar-refractivity contribution in [1.29, 1.82) is 0 Å². The van der Waals surface area contributed by atoms with Crippen LogP contribution in [-0.2, 0) is 23.0 Å². The van der Waals surface area contributed by atoms with Gasteiger partial charge in [0, 0.05) is 12.8 Å². The summed E-state index contributed by atoms with van der Waals surface area (Å²) >= 11 is 0. The van der Waals surface area contributed by atoms with Crippen LogP contribution in [0.25, 0.3) is 0 Å². The average molecular weight is 584 g/mol. The van der Waals surface area contributed by atoms with Gasteiger partial charge in [-0.15, -0.1) is 0 Å². The van der Waals surface area contributed by atoms with E-state index in [1.807, 2.05) is 0 Å². The highest BCUT2D eigenvalue weighted by molar-refractivity contribution is 6.74. The minimum absolute atomic E-state index is 0.0379. The van der Waals surface area contributed by atoms with Gasteiger partial charge in [-0.05, 0) is 76.8 Å². The molecule has 0 aromatic rings. The minimum Gasteiger partial charge on any atom is -0.413 e. The summed E-state index contributed by atoms with van der Waals surface area (Å²) in [6.07, 6.45) is 1.96. The maximum atomic E-state index is 12.2. The molecule has 0 radical (unpaired) electrons. The monoisotopic (exact) mass is 583 g/mol. The van der Waals surface area contributed by atoms with E-state index >= 15 is 0 Å². The van der Waals surface area contributed by atoms with Crippen molar-refractivity contribution in [3.63, 3.8) is 0 Å². The summed E-state index contributed by atoms with van der Waals surface area (Å²) in [5.74, 6) is 2.17. The summed E-state index contributed by atoms with van der Waals surface area (Å²) in [7, 11) is -4.47. The first-order valence-corrected chi connectivity index (χ1v) is 20.7. The Morgan fingerprint density at radius 1 is 0.923 bits per heavy atom. The highest BCUT2D eigenvalue weighted by atomic mass is 28.4. The second kappa shape index (κ2) is 13.7. The molecule has 0 bridgehead atoms. The van der Waals surface area contributed by atoms with Crippen LogP contribution in [0.2, 0.25) is 36.3 Å². The van der Waals surface area contributed by atoms with Crippen LogP contribution >= 0.6 is 0 Å². The Morgan fingerprint density at radius 3 is 1.77 bits per heavy atom. The first kappa shape index (κ1) is 36.6. The molecule has 1 rings (SSSR count). The fraction of sp³-hybridized carbons (Fsp3) is 0.900. The normalized spacial score (nSPS) is 22.0. The number of carbonyl (C=O) groups is 1. The van der Waals surface area contributed by atoms with Crippen LogP contribution in [0, 0.1) is 11.8 Å². The minimum atomic E-state index is -2.13. The van der Waals surface area contributed by atoms with E-state index in [9.17, 15) is 4.79 Å². The predicted octanol–water partition coefficient (Wildman–Crippen LogP) is 7.75. The molecule has 1 N–H and O–H groups in total. The Hall–Kier alpha value is -0.451. The third-order valence-electron chi connectivity index (χ3n) is 9.88. The second-order valence-electron chi connectivity index (χ2n) is 14.4. The largest absolute Gasteiger partial charge is 0.486 e. The van der Waals surface area contributed by atoms with Gasteiger partial charge in [0.1, 0.15) is 0 Å². The van der Waals surface area contributed by atoms with E-state index < -0.39 is 23.8 Å². The molecule has 0 unspecified atom stereocenters. The third-order valence-corrected chi connectivity index (χ3v) is 19.0. The second-order valence-corrected chi connectivity index (χ2v) is 23.9. The van der Waals surface area contributed by atoms with Gasteiger partial charge in [-0.2, -0.15) is 0 Å². The van der Waals surface area contributed by atoms with E-state index in [4.69, 9.17) is 18.2 Å². The van der Waals surface area contributed by atoms with Gasteiger partial charge < -0.3 is 23.5 Å². The fourth-order valence-electron chi connectivity index (χ4n) is 5.10. The van der Waals surface area contributed by atoms with E-state index in [1.54, 1.807) is 6.92 Å². The Bertz CT molecular complexity index is 798. The van der Waals surface area contributed by atoms with Gasteiger partial charge in [-0.1, -0.05) is 67.4 Å². The molecule has 1 amide bonds. The predicted molar refractivity (Wildman–Crippen MR) is 171 cm³/mol. The van der Waals surface area contributed by atoms with Crippen molar-refractivity contribution in [2.24, 2.45) is 11.8 Å². The number of carbonyl (C=O) groups excluding carboxylic acids is 1. The smallest absolute Gasteiger partial charge is 0.413 e. The summed E-state index contributed by atoms with van der Waals surface area (Å²) in [4.78, 5) is 12.2. The Kier molecular flexibility index (Phi) is 12.8. The Labute approximate surface area is 244 Å². The maximum Gasteiger partial charge on any atom is 0.486 e. The van der Waals surface area contributed by atoms with Crippen LogP contribution in [0.15, 0.2) is 12.1 Å². The zero-order valence-electron chi connectivity index (χ0n) is 28.3. The Morgan fingerprint density at radius 2 is 1.38 bits per heavy atom. The van der Waals surface area contributed by atoms with Crippen molar-refractivity contribution >= 4 is 29.7 Å². The van der Waals surface area contributed by atoms with Gasteiger partial charge in [0.25, 0.3) is 0 Å². The number of amides is 1. The van der Waals surface area contributed by atoms with E-state index in [0.29, 0.717) is 0 Å². The van der Waals surface area contributed by atoms with Crippen LogP contribution in [-0.4, -0.2) is 59.1 Å². The molecule has 39 heavy (non-hydrogen) atoms. The van der Waals surface area contributed by atoms with E-state index in [2.05, 4.69) is 120 Å². The lowest BCUT2D eigenvalue weighted by Gasteiger charge is -2.46. The summed E-state index contributed by atoms with van der Waals surface area (Å²) in [6.45, 7) is 34.6. The molecule has 0 aromatic heterocycles. The van der Waals surface area contributed by atoms with Crippen molar-refractivity contribution in [3.8, 4) is 0 Å². The molecule has 9 heteroatoms. The highest BCUT2D eigenvalue weighted by Gasteiger charge is 2.50. The summed E-state index contributed by atoms with van der Waals surface area (Å²) in [5.41, 5.74) is -0.752. The van der Waals surface area contributed by atoms with Gasteiger partial charge in [-0.3, -0.25) is 4.79 Å². The number of nitrogens with one attached hydrogen (secondary N) is 1. The molecule has 0 spiro atoms. The fourth-order valence-corrected chi connectivity index (χ4v) is 9.56. The molecule has 1 aliphatic heterocycles. The molecule has 1 aliphatic rings. The van der Waals surface area contributed by atoms with E-state index in [0.717, 1.165) is 18.1 Å². The Balaban J connectivity index is 3.48. The van der Waals surface area contributed by atoms with Crippen LogP contribution in [0.3, 0.4) is 0 Å². The molecule has 0 aliphatic carbocycles. The topological polar surface area (TPSA) is 66.0 Å². The molecule has 228 valence electrons. The zero-order valence-corrected chi connectivity index (χ0v) is 30.3. The third kappa shape index (κ3) is 9.27. The number of rotatable bonds is 14. The summed E-state index contributed by atoms with van der Waals surface area (Å²) < 4.78 is 26.9. The molecule has 6 nitrogen and oxygen atoms in total. The first-order chi connectivity index (χ1) is 17.6. The van der Waals surface area contributed by atoms with Gasteiger partial charge in [-0.25, -0.2) is 0 Å². The summed E-state index contributed by atoms with van der Waals surface area (Å²) in [5, 5.41) is 3.20. The van der Waals surface area contributed by atoms with Crippen molar-refractivity contribution in [1.82, 2.24) is 5.32 Å². The number of hydrogen-bond donors (Lipinski definition) is 1. The van der Waals surface area contributed by atoms with E-state index in [-0.39, 0.29) is 52.2 Å². The van der Waals surface area contributed by atoms with Crippen molar-refractivity contribution in [2.75, 3.05) is 0 Å². The molecular weight excluding hydrogens is 521 g/mol. The molecule has 1 fully saturated rings. The molecule has 1 saturated heterocycles. The summed E-state index contributed by atoms with van der Waals surface area (Å²) in [6, 6.07) is 3.09. The van der Waals surface area contributed by atoms with Gasteiger partial charge in [0.15, 0.2) is 16.6 Å². The highest BCUT2D eigenvalue weighted by Crippen LogP contribution is 2.41. The van der Waals surface area contributed by atoms with Gasteiger partial charge >= 0.3 is 7.12 Å². The quantitative estimate of drug-likeness (QED) is 0.212. The van der Waals surface area contributed by atoms with Crippen LogP contribution in [0.5, 0.6) is 0 Å². The lowest BCUT2D eigenvalue weighted by atomic mass is 9.83. The molecule has 5 atom stereocenters. The molecule has 1 heterocycles. The molecule has 0 aromatic carbocycles. The van der Waals surface area contributed by atoms with E-state index in [1.165, 1.54) is 0 Å². The van der Waals surface area contributed by atoms with Crippen LogP contribution in [0.4, 0.5) is 0 Å². The van der Waals surface area contributed by atoms with Gasteiger partial charge in [0.05, 0.1) is 29.5 Å². The average Bonchev–Trinajstić information content (AvgIpc) is 3.01. The van der Waals surface area contributed by atoms with Crippen molar-refractivity contribution in [3.05, 3.63) is 12.1 Å². The van der Waals surface area contributed by atoms with Crippen molar-refractivity contribution in [2.45, 2.75) is 163 Å². The first-order valence-electron chi connectivity index (χ1n) is 15.2. The van der Waals surface area contributed by atoms with Crippen LogP contribution in [0.1, 0.15) is 96.9 Å². The lowest BCUT2D eigenvalue weighted by molar-refractivity contribution is -0.120. The van der Waals surface area contributed by atoms with Gasteiger partial charge in [0.2, 0.25) is 5.91 Å². The van der Waals surface area contributed by atoms with Crippen LogP contribution < -0.4 is 5.32 Å². The standard InChI is InChI=1S/C30H62BNO5Si2/c1-17-39(18-2,19-3)35-26(22(4)20-21-31-36-29(11,12)30(13,14)37-31)23(5)27(24(6)32-25(7)33)34-38(15,16)28(8,9)10/h20-24,26-27H,17-19H2,1-16H3,(H,32,33)/b21-20+/t22-,23+,24-,26-,27+/m1/s1. The zero-order chi connectivity index (χ0) is 30.6. The molecular formula is C30H62BNO5Si2. The number of hydrogen-bond acceptors (Lipinski definition) is 5. The SMILES string of the molecule is CC[Si](CC)(CC)O[C@@H]([C@H](C)[C@H](O[Si](C)(C)C(C)(C)C)[C@@H](C)NC(C)=O)[C@H](C)/C=C/B1OC(C)(C)C(C)(C)O1. The van der Waals surface area contributed by atoms with Crippen molar-refractivity contribution < 1.29 is 23.0 Å².